The number of nitrogens with one attached hydrogen (secondary N) is 1. The smallest absolute Gasteiger partial charge is 0.310 e. The number of likely N-dealkylation sites (tertiary alicyclic amines) is 1. The average Bonchev–Trinajstić information content (AvgIpc) is 2.35. The van der Waals surface area contributed by atoms with Gasteiger partial charge in [-0.3, -0.25) is 9.69 Å². The van der Waals surface area contributed by atoms with Gasteiger partial charge in [-0.25, -0.2) is 0 Å². The third-order valence-corrected chi connectivity index (χ3v) is 3.05. The van der Waals surface area contributed by atoms with E-state index in [2.05, 4.69) is 10.2 Å². The van der Waals surface area contributed by atoms with Gasteiger partial charge in [-0.15, -0.1) is 0 Å². The highest BCUT2D eigenvalue weighted by Gasteiger charge is 2.31. The van der Waals surface area contributed by atoms with Crippen molar-refractivity contribution in [1.82, 2.24) is 10.2 Å². The molecule has 0 aromatic carbocycles. The summed E-state index contributed by atoms with van der Waals surface area (Å²) in [5.74, 6) is -0.265. The third kappa shape index (κ3) is 4.59. The van der Waals surface area contributed by atoms with Crippen LogP contribution in [-0.4, -0.2) is 68.5 Å². The molecule has 0 saturated carbocycles. The van der Waals surface area contributed by atoms with E-state index in [0.29, 0.717) is 19.6 Å². The Balaban J connectivity index is 2.52. The van der Waals surface area contributed by atoms with Gasteiger partial charge in [0.15, 0.2) is 0 Å². The van der Waals surface area contributed by atoms with Gasteiger partial charge in [-0.1, -0.05) is 0 Å². The minimum Gasteiger partial charge on any atom is -0.469 e. The van der Waals surface area contributed by atoms with Crippen molar-refractivity contribution in [2.45, 2.75) is 12.5 Å². The number of aliphatic hydroxyl groups is 1. The molecule has 0 spiro atoms. The Labute approximate surface area is 102 Å². The molecule has 100 valence electrons. The summed E-state index contributed by atoms with van der Waals surface area (Å²) in [6.07, 6.45) is 0.758. The zero-order chi connectivity index (χ0) is 12.7. The minimum atomic E-state index is -0.164. The summed E-state index contributed by atoms with van der Waals surface area (Å²) in [6, 6.07) is 0.214. The van der Waals surface area contributed by atoms with Gasteiger partial charge < -0.3 is 20.9 Å². The lowest BCUT2D eigenvalue weighted by Gasteiger charge is -2.36. The first-order chi connectivity index (χ1) is 8.21. The number of methoxy groups -OCH3 is 1. The van der Waals surface area contributed by atoms with Crippen molar-refractivity contribution in [2.24, 2.45) is 11.7 Å². The second-order valence-electron chi connectivity index (χ2n) is 4.38. The highest BCUT2D eigenvalue weighted by atomic mass is 16.5. The predicted molar refractivity (Wildman–Crippen MR) is 64.5 cm³/mol. The van der Waals surface area contributed by atoms with Crippen LogP contribution in [0, 0.1) is 5.92 Å². The van der Waals surface area contributed by atoms with Crippen LogP contribution in [0.1, 0.15) is 6.42 Å². The number of nitrogens with zero attached hydrogens (tertiary/aromatic N) is 1. The van der Waals surface area contributed by atoms with E-state index in [0.717, 1.165) is 19.5 Å². The van der Waals surface area contributed by atoms with Crippen LogP contribution in [0.4, 0.5) is 0 Å². The average molecular weight is 245 g/mol. The lowest BCUT2D eigenvalue weighted by atomic mass is 9.94. The van der Waals surface area contributed by atoms with Crippen molar-refractivity contribution < 1.29 is 14.6 Å². The largest absolute Gasteiger partial charge is 0.469 e. The summed E-state index contributed by atoms with van der Waals surface area (Å²) < 4.78 is 4.79. The molecule has 2 atom stereocenters. The Hall–Kier alpha value is -0.690. The van der Waals surface area contributed by atoms with Gasteiger partial charge in [0, 0.05) is 38.8 Å². The van der Waals surface area contributed by atoms with Crippen LogP contribution < -0.4 is 11.1 Å². The zero-order valence-electron chi connectivity index (χ0n) is 10.4. The van der Waals surface area contributed by atoms with Crippen molar-refractivity contribution in [3.05, 3.63) is 0 Å². The second-order valence-corrected chi connectivity index (χ2v) is 4.38. The summed E-state index contributed by atoms with van der Waals surface area (Å²) in [5, 5.41) is 12.0. The van der Waals surface area contributed by atoms with E-state index in [9.17, 15) is 4.79 Å². The van der Waals surface area contributed by atoms with E-state index in [1.807, 2.05) is 0 Å². The number of hydrogen-bond acceptors (Lipinski definition) is 6. The lowest BCUT2D eigenvalue weighted by molar-refractivity contribution is -0.147. The Morgan fingerprint density at radius 1 is 1.59 bits per heavy atom. The summed E-state index contributed by atoms with van der Waals surface area (Å²) in [7, 11) is 1.42. The van der Waals surface area contributed by atoms with Gasteiger partial charge in [0.25, 0.3) is 0 Å². The minimum absolute atomic E-state index is 0.100. The molecule has 0 radical (unpaired) electrons. The van der Waals surface area contributed by atoms with Crippen LogP contribution in [0.15, 0.2) is 0 Å². The first-order valence-electron chi connectivity index (χ1n) is 6.05. The lowest BCUT2D eigenvalue weighted by Crippen LogP contribution is -2.52. The molecule has 0 amide bonds. The number of esters is 1. The molecule has 0 aliphatic carbocycles. The molecule has 1 aliphatic rings. The van der Waals surface area contributed by atoms with E-state index < -0.39 is 0 Å². The van der Waals surface area contributed by atoms with Crippen LogP contribution in [0.5, 0.6) is 0 Å². The molecule has 4 N–H and O–H groups in total. The highest BCUT2D eigenvalue weighted by Crippen LogP contribution is 2.17. The molecule has 0 aromatic rings. The molecule has 1 rings (SSSR count). The zero-order valence-corrected chi connectivity index (χ0v) is 10.4. The molecule has 1 heterocycles. The van der Waals surface area contributed by atoms with Gasteiger partial charge in [0.1, 0.15) is 0 Å². The van der Waals surface area contributed by atoms with Gasteiger partial charge in [0.05, 0.1) is 19.6 Å². The van der Waals surface area contributed by atoms with Crippen LogP contribution in [0.25, 0.3) is 0 Å². The number of aliphatic hydroxyl groups excluding tert-OH is 1. The van der Waals surface area contributed by atoms with Crippen molar-refractivity contribution in [2.75, 3.05) is 46.4 Å². The number of rotatable bonds is 6. The van der Waals surface area contributed by atoms with E-state index in [1.165, 1.54) is 7.11 Å². The molecule has 0 aromatic heterocycles. The van der Waals surface area contributed by atoms with Gasteiger partial charge in [0.2, 0.25) is 0 Å². The number of nitrogens with two attached hydrogens (primary N) is 1. The van der Waals surface area contributed by atoms with Crippen LogP contribution in [-0.2, 0) is 9.53 Å². The maximum Gasteiger partial charge on any atom is 0.310 e. The quantitative estimate of drug-likeness (QED) is 0.488. The van der Waals surface area contributed by atoms with Crippen molar-refractivity contribution >= 4 is 5.97 Å². The maximum absolute atomic E-state index is 11.6. The number of carbonyl (C=O) groups is 1. The molecular formula is C11H23N3O3. The van der Waals surface area contributed by atoms with Crippen molar-refractivity contribution in [1.29, 1.82) is 0 Å². The standard InChI is InChI=1S/C11H23N3O3/c1-17-11(16)9-6-10(13-3-5-15)8-14(7-9)4-2-12/h9-10,13,15H,2-8,12H2,1H3. The Morgan fingerprint density at radius 3 is 2.94 bits per heavy atom. The fourth-order valence-corrected chi connectivity index (χ4v) is 2.31. The summed E-state index contributed by atoms with van der Waals surface area (Å²) in [6.45, 7) is 3.60. The van der Waals surface area contributed by atoms with E-state index in [-0.39, 0.29) is 24.5 Å². The van der Waals surface area contributed by atoms with Gasteiger partial charge in [-0.2, -0.15) is 0 Å². The van der Waals surface area contributed by atoms with Crippen LogP contribution in [0.2, 0.25) is 0 Å². The van der Waals surface area contributed by atoms with E-state index in [1.54, 1.807) is 0 Å². The number of ether oxygens (including phenoxy) is 1. The Bertz CT molecular complexity index is 238. The molecule has 1 saturated heterocycles. The highest BCUT2D eigenvalue weighted by molar-refractivity contribution is 5.72. The van der Waals surface area contributed by atoms with Crippen molar-refractivity contribution in [3.63, 3.8) is 0 Å². The third-order valence-electron chi connectivity index (χ3n) is 3.05. The fourth-order valence-electron chi connectivity index (χ4n) is 2.31. The normalized spacial score (nSPS) is 25.8. The van der Waals surface area contributed by atoms with Crippen LogP contribution >= 0.6 is 0 Å². The monoisotopic (exact) mass is 245 g/mol. The molecule has 6 nitrogen and oxygen atoms in total. The Morgan fingerprint density at radius 2 is 2.35 bits per heavy atom. The molecule has 6 heteroatoms. The first kappa shape index (κ1) is 14.4. The predicted octanol–water partition coefficient (Wildman–Crippen LogP) is -1.61. The van der Waals surface area contributed by atoms with Gasteiger partial charge >= 0.3 is 5.97 Å². The molecule has 17 heavy (non-hydrogen) atoms. The summed E-state index contributed by atoms with van der Waals surface area (Å²) >= 11 is 0. The Kier molecular flexibility index (Phi) is 6.43. The first-order valence-corrected chi connectivity index (χ1v) is 6.05. The van der Waals surface area contributed by atoms with E-state index in [4.69, 9.17) is 15.6 Å². The molecular weight excluding hydrogens is 222 g/mol. The van der Waals surface area contributed by atoms with Crippen LogP contribution in [0.3, 0.4) is 0 Å². The van der Waals surface area contributed by atoms with Gasteiger partial charge in [-0.05, 0) is 6.42 Å². The topological polar surface area (TPSA) is 87.8 Å². The van der Waals surface area contributed by atoms with E-state index >= 15 is 0 Å². The molecule has 2 unspecified atom stereocenters. The number of carbonyl (C=O) groups excluding carboxylic acids is 1. The second kappa shape index (κ2) is 7.60. The summed E-state index contributed by atoms with van der Waals surface area (Å²) in [4.78, 5) is 13.7. The SMILES string of the molecule is COC(=O)C1CC(NCCO)CN(CCN)C1. The van der Waals surface area contributed by atoms with Crippen molar-refractivity contribution in [3.8, 4) is 0 Å². The molecule has 1 aliphatic heterocycles. The molecule has 0 bridgehead atoms. The number of piperidine rings is 1. The summed E-state index contributed by atoms with van der Waals surface area (Å²) in [5.41, 5.74) is 5.54. The number of hydrogen-bond donors (Lipinski definition) is 3. The maximum atomic E-state index is 11.6. The fraction of sp³-hybridized carbons (Fsp3) is 0.909. The molecule has 1 fully saturated rings.